The minimum absolute atomic E-state index is 0.0319. The Hall–Kier alpha value is -1.42. The molecule has 0 saturated carbocycles. The molecule has 4 amide bonds. The molecule has 1 aliphatic rings. The molecule has 1 saturated heterocycles. The number of hydrogen-bond donors (Lipinski definition) is 6. The highest BCUT2D eigenvalue weighted by atomic mass is 32.1. The molecule has 30 heavy (non-hydrogen) atoms. The standard InChI is InChI=1S/C20H36N4O4S2/c1-11(2)5-13-7-17(25)23-16(10-30)20(28)22-14(6-12(3)4)8-18(26)24-15(9-29)19(27)21-13/h11-16,29-30H,5-10H2,1-4H3,(H,21,27)(H,22,28)(H,23,25)(H,24,26)/t13-,14-,15-,16-/m0/s1. The van der Waals surface area contributed by atoms with Crippen LogP contribution in [0.25, 0.3) is 0 Å². The lowest BCUT2D eigenvalue weighted by molar-refractivity contribution is -0.132. The van der Waals surface area contributed by atoms with E-state index in [2.05, 4.69) is 46.5 Å². The average Bonchev–Trinajstić information content (AvgIpc) is 2.61. The molecule has 1 rings (SSSR count). The highest BCUT2D eigenvalue weighted by Crippen LogP contribution is 2.12. The van der Waals surface area contributed by atoms with Crippen LogP contribution in [-0.2, 0) is 19.2 Å². The van der Waals surface area contributed by atoms with Gasteiger partial charge in [-0.2, -0.15) is 25.3 Å². The smallest absolute Gasteiger partial charge is 0.243 e. The number of amides is 4. The van der Waals surface area contributed by atoms with Gasteiger partial charge in [-0.05, 0) is 24.7 Å². The summed E-state index contributed by atoms with van der Waals surface area (Å²) in [5, 5.41) is 11.1. The Balaban J connectivity index is 3.13. The van der Waals surface area contributed by atoms with Crippen molar-refractivity contribution in [3.05, 3.63) is 0 Å². The van der Waals surface area contributed by atoms with Gasteiger partial charge in [-0.15, -0.1) is 0 Å². The van der Waals surface area contributed by atoms with Crippen LogP contribution in [0.4, 0.5) is 0 Å². The molecule has 172 valence electrons. The molecule has 4 atom stereocenters. The van der Waals surface area contributed by atoms with E-state index in [9.17, 15) is 19.2 Å². The Morgan fingerprint density at radius 1 is 0.700 bits per heavy atom. The first-order valence-electron chi connectivity index (χ1n) is 10.5. The summed E-state index contributed by atoms with van der Waals surface area (Å²) in [7, 11) is 0. The van der Waals surface area contributed by atoms with Gasteiger partial charge in [-0.25, -0.2) is 0 Å². The van der Waals surface area contributed by atoms with Gasteiger partial charge in [0.25, 0.3) is 0 Å². The van der Waals surface area contributed by atoms with E-state index < -0.39 is 24.2 Å². The van der Waals surface area contributed by atoms with Crippen molar-refractivity contribution >= 4 is 48.9 Å². The van der Waals surface area contributed by atoms with Crippen LogP contribution >= 0.6 is 25.3 Å². The van der Waals surface area contributed by atoms with Crippen LogP contribution in [0.15, 0.2) is 0 Å². The van der Waals surface area contributed by atoms with E-state index in [1.54, 1.807) is 0 Å². The van der Waals surface area contributed by atoms with Crippen molar-refractivity contribution in [1.29, 1.82) is 0 Å². The highest BCUT2D eigenvalue weighted by Gasteiger charge is 2.29. The molecule has 8 nitrogen and oxygen atoms in total. The summed E-state index contributed by atoms with van der Waals surface area (Å²) >= 11 is 8.39. The molecular weight excluding hydrogens is 424 g/mol. The Morgan fingerprint density at radius 3 is 1.30 bits per heavy atom. The molecule has 0 aliphatic carbocycles. The summed E-state index contributed by atoms with van der Waals surface area (Å²) in [6.45, 7) is 7.97. The van der Waals surface area contributed by atoms with Crippen LogP contribution in [0.3, 0.4) is 0 Å². The summed E-state index contributed by atoms with van der Waals surface area (Å²) in [5.74, 6) is -0.674. The zero-order valence-electron chi connectivity index (χ0n) is 18.2. The average molecular weight is 461 g/mol. The van der Waals surface area contributed by atoms with Crippen LogP contribution in [0.2, 0.25) is 0 Å². The van der Waals surface area contributed by atoms with Gasteiger partial charge >= 0.3 is 0 Å². The van der Waals surface area contributed by atoms with Gasteiger partial charge in [-0.3, -0.25) is 19.2 Å². The summed E-state index contributed by atoms with van der Waals surface area (Å²) in [5.41, 5.74) is 0. The Labute approximate surface area is 190 Å². The SMILES string of the molecule is CC(C)C[C@H]1CC(=O)N[C@@H](CS)C(=O)N[C@@H](CC(C)C)CC(=O)N[C@@H](CS)C(=O)N1. The molecule has 0 spiro atoms. The number of thiol groups is 2. The van der Waals surface area contributed by atoms with Gasteiger partial charge in [0.05, 0.1) is 0 Å². The predicted molar refractivity (Wildman–Crippen MR) is 124 cm³/mol. The van der Waals surface area contributed by atoms with Crippen LogP contribution in [0.1, 0.15) is 53.4 Å². The number of nitrogens with one attached hydrogen (secondary N) is 4. The normalized spacial score (nSPS) is 27.2. The Bertz CT molecular complexity index is 564. The molecule has 0 radical (unpaired) electrons. The van der Waals surface area contributed by atoms with Crippen molar-refractivity contribution in [3.63, 3.8) is 0 Å². The van der Waals surface area contributed by atoms with Gasteiger partial charge in [0.1, 0.15) is 12.1 Å². The zero-order valence-corrected chi connectivity index (χ0v) is 20.0. The highest BCUT2D eigenvalue weighted by molar-refractivity contribution is 7.80. The maximum Gasteiger partial charge on any atom is 0.243 e. The number of rotatable bonds is 6. The number of carbonyl (C=O) groups is 4. The third kappa shape index (κ3) is 9.59. The number of hydrogen-bond acceptors (Lipinski definition) is 6. The van der Waals surface area contributed by atoms with Crippen molar-refractivity contribution in [2.45, 2.75) is 77.5 Å². The molecule has 1 aliphatic heterocycles. The maximum absolute atomic E-state index is 12.7. The first-order valence-corrected chi connectivity index (χ1v) is 11.7. The van der Waals surface area contributed by atoms with E-state index in [4.69, 9.17) is 0 Å². The summed E-state index contributed by atoms with van der Waals surface area (Å²) < 4.78 is 0. The van der Waals surface area contributed by atoms with Crippen LogP contribution in [0, 0.1) is 11.8 Å². The van der Waals surface area contributed by atoms with E-state index >= 15 is 0 Å². The lowest BCUT2D eigenvalue weighted by atomic mass is 9.99. The van der Waals surface area contributed by atoms with Crippen molar-refractivity contribution < 1.29 is 19.2 Å². The minimum Gasteiger partial charge on any atom is -0.351 e. The van der Waals surface area contributed by atoms with Crippen LogP contribution < -0.4 is 21.3 Å². The molecule has 0 unspecified atom stereocenters. The molecular formula is C20H36N4O4S2. The van der Waals surface area contributed by atoms with E-state index in [1.165, 1.54) is 0 Å². The molecule has 1 heterocycles. The Morgan fingerprint density at radius 2 is 1.03 bits per heavy atom. The fraction of sp³-hybridized carbons (Fsp3) is 0.800. The molecule has 1 fully saturated rings. The molecule has 4 N–H and O–H groups in total. The quantitative estimate of drug-likeness (QED) is 0.327. The first-order chi connectivity index (χ1) is 14.0. The molecule has 0 bridgehead atoms. The summed E-state index contributed by atoms with van der Waals surface area (Å²) in [6, 6.07) is -2.47. The van der Waals surface area contributed by atoms with E-state index in [0.29, 0.717) is 12.8 Å². The van der Waals surface area contributed by atoms with Crippen molar-refractivity contribution in [2.75, 3.05) is 11.5 Å². The van der Waals surface area contributed by atoms with E-state index in [0.717, 1.165) is 0 Å². The van der Waals surface area contributed by atoms with E-state index in [-0.39, 0.29) is 59.8 Å². The van der Waals surface area contributed by atoms with Crippen LogP contribution in [0.5, 0.6) is 0 Å². The third-order valence-corrected chi connectivity index (χ3v) is 5.47. The lowest BCUT2D eigenvalue weighted by Crippen LogP contribution is -2.56. The van der Waals surface area contributed by atoms with Gasteiger partial charge in [0, 0.05) is 36.4 Å². The minimum atomic E-state index is -0.818. The first kappa shape index (κ1) is 26.6. The largest absolute Gasteiger partial charge is 0.351 e. The molecule has 0 aromatic carbocycles. The third-order valence-electron chi connectivity index (χ3n) is 4.74. The topological polar surface area (TPSA) is 116 Å². The number of carbonyl (C=O) groups excluding carboxylic acids is 4. The van der Waals surface area contributed by atoms with E-state index in [1.807, 2.05) is 27.7 Å². The molecule has 10 heteroatoms. The van der Waals surface area contributed by atoms with Crippen molar-refractivity contribution in [1.82, 2.24) is 21.3 Å². The van der Waals surface area contributed by atoms with Crippen molar-refractivity contribution in [2.24, 2.45) is 11.8 Å². The second-order valence-electron chi connectivity index (χ2n) is 8.68. The van der Waals surface area contributed by atoms with Gasteiger partial charge in [0.2, 0.25) is 23.6 Å². The second kappa shape index (κ2) is 13.1. The maximum atomic E-state index is 12.7. The van der Waals surface area contributed by atoms with Crippen LogP contribution in [-0.4, -0.2) is 59.3 Å². The molecule has 0 aromatic rings. The molecule has 0 aromatic heterocycles. The summed E-state index contributed by atoms with van der Waals surface area (Å²) in [4.78, 5) is 50.5. The Kier molecular flexibility index (Phi) is 11.6. The zero-order chi connectivity index (χ0) is 22.8. The van der Waals surface area contributed by atoms with Gasteiger partial charge in [0.15, 0.2) is 0 Å². The lowest BCUT2D eigenvalue weighted by Gasteiger charge is -2.28. The summed E-state index contributed by atoms with van der Waals surface area (Å²) in [6.07, 6.45) is 1.23. The predicted octanol–water partition coefficient (Wildman–Crippen LogP) is 0.671. The monoisotopic (exact) mass is 460 g/mol. The van der Waals surface area contributed by atoms with Crippen molar-refractivity contribution in [3.8, 4) is 0 Å². The fourth-order valence-corrected chi connectivity index (χ4v) is 3.98. The fourth-order valence-electron chi connectivity index (χ4n) is 3.47. The second-order valence-corrected chi connectivity index (χ2v) is 9.41. The van der Waals surface area contributed by atoms with Gasteiger partial charge < -0.3 is 21.3 Å². The van der Waals surface area contributed by atoms with Gasteiger partial charge in [-0.1, -0.05) is 27.7 Å².